The van der Waals surface area contributed by atoms with Crippen LogP contribution in [0.2, 0.25) is 0 Å². The fraction of sp³-hybridized carbons (Fsp3) is 0.250. The number of carbonyl (C=O) groups excluding carboxylic acids is 1. The Hall–Kier alpha value is -2.23. The monoisotopic (exact) mass is 314 g/mol. The Kier molecular flexibility index (Phi) is 12.1. The molecule has 2 rings (SSSR count). The maximum absolute atomic E-state index is 11.9. The van der Waals surface area contributed by atoms with Gasteiger partial charge >= 0.3 is 0 Å². The van der Waals surface area contributed by atoms with Gasteiger partial charge in [0.05, 0.1) is 0 Å². The van der Waals surface area contributed by atoms with Gasteiger partial charge in [-0.05, 0) is 19.4 Å². The lowest BCUT2D eigenvalue weighted by molar-refractivity contribution is 0.0747. The van der Waals surface area contributed by atoms with Gasteiger partial charge in [-0.1, -0.05) is 60.7 Å². The minimum absolute atomic E-state index is 0.271. The fourth-order valence-corrected chi connectivity index (χ4v) is 1.75. The van der Waals surface area contributed by atoms with Gasteiger partial charge in [-0.2, -0.15) is 0 Å². The Bertz CT molecular complexity index is 521. The number of aliphatic hydroxyl groups is 1. The van der Waals surface area contributed by atoms with Crippen molar-refractivity contribution in [2.45, 2.75) is 20.0 Å². The number of ketones is 1. The lowest BCUT2D eigenvalue weighted by atomic mass is 10.0. The molecule has 0 aliphatic carbocycles. The molecule has 0 aromatic heterocycles. The van der Waals surface area contributed by atoms with Gasteiger partial charge in [-0.3, -0.25) is 4.79 Å². The van der Waals surface area contributed by atoms with Gasteiger partial charge in [-0.25, -0.2) is 0 Å². The predicted octanol–water partition coefficient (Wildman–Crippen LogP) is 4.45. The SMILES string of the molecule is C=C.CCOCC.O=C(c1ccccc1)C(O)c1ccccc1. The zero-order valence-corrected chi connectivity index (χ0v) is 13.9. The molecule has 0 saturated heterocycles. The third kappa shape index (κ3) is 8.10. The highest BCUT2D eigenvalue weighted by atomic mass is 16.5. The highest BCUT2D eigenvalue weighted by Gasteiger charge is 2.18. The minimum Gasteiger partial charge on any atom is -0.382 e. The van der Waals surface area contributed by atoms with Crippen LogP contribution in [0.5, 0.6) is 0 Å². The van der Waals surface area contributed by atoms with E-state index >= 15 is 0 Å². The standard InChI is InChI=1S/C14H12O2.C4H10O.C2H4/c15-13(11-7-3-1-4-8-11)14(16)12-9-5-2-6-10-12;1-3-5-4-2;1-2/h1-10,13,15H;3-4H2,1-2H3;1-2H2. The van der Waals surface area contributed by atoms with Crippen LogP contribution in [0.1, 0.15) is 35.9 Å². The second-order valence-corrected chi connectivity index (χ2v) is 4.32. The number of Topliss-reactive ketones (excluding diaryl/α,β-unsaturated/α-hetero) is 1. The Balaban J connectivity index is 0.000000594. The molecule has 0 aliphatic heterocycles. The summed E-state index contributed by atoms with van der Waals surface area (Å²) in [5.41, 5.74) is 1.15. The zero-order chi connectivity index (χ0) is 17.5. The van der Waals surface area contributed by atoms with Crippen LogP contribution in [0.15, 0.2) is 73.8 Å². The van der Waals surface area contributed by atoms with Crippen molar-refractivity contribution in [2.75, 3.05) is 13.2 Å². The average molecular weight is 314 g/mol. The van der Waals surface area contributed by atoms with E-state index in [1.165, 1.54) is 0 Å². The van der Waals surface area contributed by atoms with Crippen molar-refractivity contribution in [2.24, 2.45) is 0 Å². The van der Waals surface area contributed by atoms with E-state index in [1.807, 2.05) is 26.0 Å². The third-order valence-corrected chi connectivity index (χ3v) is 2.83. The van der Waals surface area contributed by atoms with E-state index in [4.69, 9.17) is 4.74 Å². The first-order chi connectivity index (χ1) is 11.2. The van der Waals surface area contributed by atoms with Crippen LogP contribution in [0, 0.1) is 0 Å². The summed E-state index contributed by atoms with van der Waals surface area (Å²) in [7, 11) is 0. The quantitative estimate of drug-likeness (QED) is 0.655. The number of benzene rings is 2. The summed E-state index contributed by atoms with van der Waals surface area (Å²) in [5, 5.41) is 9.89. The molecule has 3 heteroatoms. The molecule has 0 aliphatic rings. The summed E-state index contributed by atoms with van der Waals surface area (Å²) in [5.74, 6) is -0.271. The van der Waals surface area contributed by atoms with E-state index in [2.05, 4.69) is 13.2 Å². The minimum atomic E-state index is -1.08. The van der Waals surface area contributed by atoms with E-state index in [-0.39, 0.29) is 5.78 Å². The predicted molar refractivity (Wildman–Crippen MR) is 95.6 cm³/mol. The molecule has 124 valence electrons. The molecule has 1 N–H and O–H groups in total. The maximum atomic E-state index is 11.9. The first kappa shape index (κ1) is 20.8. The maximum Gasteiger partial charge on any atom is 0.195 e. The van der Waals surface area contributed by atoms with Crippen molar-refractivity contribution in [3.8, 4) is 0 Å². The van der Waals surface area contributed by atoms with Crippen LogP contribution in [0.3, 0.4) is 0 Å². The highest BCUT2D eigenvalue weighted by Crippen LogP contribution is 2.17. The molecule has 2 aromatic rings. The molecule has 23 heavy (non-hydrogen) atoms. The van der Waals surface area contributed by atoms with Crippen molar-refractivity contribution in [3.63, 3.8) is 0 Å². The largest absolute Gasteiger partial charge is 0.382 e. The molecule has 1 atom stereocenters. The van der Waals surface area contributed by atoms with Crippen molar-refractivity contribution in [1.82, 2.24) is 0 Å². The van der Waals surface area contributed by atoms with E-state index in [1.54, 1.807) is 48.5 Å². The second kappa shape index (κ2) is 13.4. The molecule has 3 nitrogen and oxygen atoms in total. The Morgan fingerprint density at radius 3 is 1.78 bits per heavy atom. The Morgan fingerprint density at radius 2 is 1.39 bits per heavy atom. The van der Waals surface area contributed by atoms with Crippen LogP contribution < -0.4 is 0 Å². The summed E-state index contributed by atoms with van der Waals surface area (Å²) in [4.78, 5) is 11.9. The van der Waals surface area contributed by atoms with Crippen molar-refractivity contribution in [3.05, 3.63) is 84.9 Å². The molecule has 0 radical (unpaired) electrons. The van der Waals surface area contributed by atoms with Crippen molar-refractivity contribution < 1.29 is 14.6 Å². The van der Waals surface area contributed by atoms with E-state index in [0.717, 1.165) is 13.2 Å². The number of carbonyl (C=O) groups is 1. The van der Waals surface area contributed by atoms with Gasteiger partial charge in [0.1, 0.15) is 6.10 Å². The summed E-state index contributed by atoms with van der Waals surface area (Å²) in [6, 6.07) is 17.7. The summed E-state index contributed by atoms with van der Waals surface area (Å²) >= 11 is 0. The zero-order valence-electron chi connectivity index (χ0n) is 13.9. The van der Waals surface area contributed by atoms with E-state index < -0.39 is 6.10 Å². The molecular formula is C20H26O3. The van der Waals surface area contributed by atoms with Gasteiger partial charge in [0.2, 0.25) is 0 Å². The molecule has 0 spiro atoms. The van der Waals surface area contributed by atoms with E-state index in [0.29, 0.717) is 11.1 Å². The van der Waals surface area contributed by atoms with E-state index in [9.17, 15) is 9.90 Å². The number of hydrogen-bond acceptors (Lipinski definition) is 3. The van der Waals surface area contributed by atoms with Crippen LogP contribution in [0.25, 0.3) is 0 Å². The smallest absolute Gasteiger partial charge is 0.195 e. The first-order valence-electron chi connectivity index (χ1n) is 7.60. The number of rotatable bonds is 5. The average Bonchev–Trinajstić information content (AvgIpc) is 2.65. The normalized spacial score (nSPS) is 10.4. The van der Waals surface area contributed by atoms with Crippen LogP contribution in [-0.2, 0) is 4.74 Å². The molecule has 2 aromatic carbocycles. The summed E-state index contributed by atoms with van der Waals surface area (Å²) in [6.07, 6.45) is -1.08. The number of ether oxygens (including phenoxy) is 1. The summed E-state index contributed by atoms with van der Waals surface area (Å²) < 4.78 is 4.83. The third-order valence-electron chi connectivity index (χ3n) is 2.83. The molecule has 0 amide bonds. The van der Waals surface area contributed by atoms with Gasteiger partial charge in [0.15, 0.2) is 5.78 Å². The van der Waals surface area contributed by atoms with Gasteiger partial charge in [-0.15, -0.1) is 13.2 Å². The highest BCUT2D eigenvalue weighted by molar-refractivity contribution is 5.99. The number of aliphatic hydroxyl groups excluding tert-OH is 1. The Labute approximate surface area is 139 Å². The molecule has 1 unspecified atom stereocenters. The molecule has 0 heterocycles. The molecule has 0 bridgehead atoms. The van der Waals surface area contributed by atoms with Crippen LogP contribution >= 0.6 is 0 Å². The van der Waals surface area contributed by atoms with Crippen molar-refractivity contribution >= 4 is 5.78 Å². The van der Waals surface area contributed by atoms with Crippen LogP contribution in [0.4, 0.5) is 0 Å². The second-order valence-electron chi connectivity index (χ2n) is 4.32. The Morgan fingerprint density at radius 1 is 0.957 bits per heavy atom. The molecular weight excluding hydrogens is 288 g/mol. The van der Waals surface area contributed by atoms with Gasteiger partial charge in [0, 0.05) is 18.8 Å². The summed E-state index contributed by atoms with van der Waals surface area (Å²) in [6.45, 7) is 11.7. The first-order valence-corrected chi connectivity index (χ1v) is 7.60. The topological polar surface area (TPSA) is 46.5 Å². The molecule has 0 fully saturated rings. The van der Waals surface area contributed by atoms with Gasteiger partial charge < -0.3 is 9.84 Å². The fourth-order valence-electron chi connectivity index (χ4n) is 1.75. The van der Waals surface area contributed by atoms with Crippen molar-refractivity contribution in [1.29, 1.82) is 0 Å². The lowest BCUT2D eigenvalue weighted by Crippen LogP contribution is -2.11. The molecule has 0 saturated carbocycles. The van der Waals surface area contributed by atoms with Crippen LogP contribution in [-0.4, -0.2) is 24.1 Å². The van der Waals surface area contributed by atoms with Gasteiger partial charge in [0.25, 0.3) is 0 Å². The lowest BCUT2D eigenvalue weighted by Gasteiger charge is -2.09. The number of hydrogen-bond donors (Lipinski definition) is 1.